The van der Waals surface area contributed by atoms with Crippen molar-refractivity contribution in [1.29, 1.82) is 0 Å². The highest BCUT2D eigenvalue weighted by Crippen LogP contribution is 2.18. The molecule has 1 aromatic heterocycles. The van der Waals surface area contributed by atoms with Crippen LogP contribution in [0.1, 0.15) is 35.2 Å². The molecule has 5 heteroatoms. The van der Waals surface area contributed by atoms with Crippen molar-refractivity contribution in [3.63, 3.8) is 0 Å². The van der Waals surface area contributed by atoms with Crippen LogP contribution in [0.3, 0.4) is 0 Å². The summed E-state index contributed by atoms with van der Waals surface area (Å²) in [6, 6.07) is 11.7. The fraction of sp³-hybridized carbons (Fsp3) is 0.429. The maximum absolute atomic E-state index is 12.4. The van der Waals surface area contributed by atoms with Gasteiger partial charge in [0, 0.05) is 18.3 Å². The van der Waals surface area contributed by atoms with Gasteiger partial charge in [-0.05, 0) is 74.5 Å². The fourth-order valence-electron chi connectivity index (χ4n) is 3.26. The summed E-state index contributed by atoms with van der Waals surface area (Å²) in [6.45, 7) is 3.36. The molecule has 3 rings (SSSR count). The number of hydrogen-bond donors (Lipinski definition) is 2. The van der Waals surface area contributed by atoms with Crippen LogP contribution >= 0.6 is 0 Å². The fourth-order valence-corrected chi connectivity index (χ4v) is 3.26. The topological polar surface area (TPSA) is 63.2 Å². The average molecular weight is 353 g/mol. The average Bonchev–Trinajstić information content (AvgIpc) is 2.69. The number of carbonyl (C=O) groups excluding carboxylic acids is 1. The van der Waals surface area contributed by atoms with E-state index in [0.29, 0.717) is 13.2 Å². The summed E-state index contributed by atoms with van der Waals surface area (Å²) in [7, 11) is 0. The van der Waals surface area contributed by atoms with Crippen LogP contribution in [0, 0.1) is 5.92 Å². The van der Waals surface area contributed by atoms with Gasteiger partial charge in [0.05, 0.1) is 12.8 Å². The molecule has 0 bridgehead atoms. The van der Waals surface area contributed by atoms with Crippen molar-refractivity contribution in [2.24, 2.45) is 5.92 Å². The number of nitrogens with one attached hydrogen (secondary N) is 2. The number of carbonyl (C=O) groups is 1. The summed E-state index contributed by atoms with van der Waals surface area (Å²) >= 11 is 0. The second-order valence-corrected chi connectivity index (χ2v) is 6.74. The Kier molecular flexibility index (Phi) is 7.02. The first-order valence-electron chi connectivity index (χ1n) is 9.42. The molecule has 2 N–H and O–H groups in total. The van der Waals surface area contributed by atoms with Crippen molar-refractivity contribution >= 4 is 5.91 Å². The lowest BCUT2D eigenvalue weighted by molar-refractivity contribution is 0.0951. The van der Waals surface area contributed by atoms with Crippen molar-refractivity contribution in [3.8, 4) is 5.75 Å². The summed E-state index contributed by atoms with van der Waals surface area (Å²) < 4.78 is 5.58. The zero-order valence-corrected chi connectivity index (χ0v) is 15.1. The normalized spacial score (nSPS) is 14.8. The summed E-state index contributed by atoms with van der Waals surface area (Å²) in [5, 5.41) is 6.37. The largest absolute Gasteiger partial charge is 0.492 e. The van der Waals surface area contributed by atoms with Crippen LogP contribution in [0.2, 0.25) is 0 Å². The number of rotatable bonds is 8. The molecule has 5 nitrogen and oxygen atoms in total. The third kappa shape index (κ3) is 5.85. The van der Waals surface area contributed by atoms with E-state index in [2.05, 4.69) is 21.7 Å². The molecule has 1 aliphatic heterocycles. The molecule has 138 valence electrons. The number of piperidine rings is 1. The maximum Gasteiger partial charge on any atom is 0.251 e. The number of nitrogens with zero attached hydrogens (tertiary/aromatic N) is 1. The Labute approximate surface area is 155 Å². The highest BCUT2D eigenvalue weighted by Gasteiger charge is 2.14. The molecule has 0 unspecified atom stereocenters. The predicted octanol–water partition coefficient (Wildman–Crippen LogP) is 2.82. The summed E-state index contributed by atoms with van der Waals surface area (Å²) in [6.07, 6.45) is 7.65. The second-order valence-electron chi connectivity index (χ2n) is 6.74. The second kappa shape index (κ2) is 9.92. The molecule has 0 aliphatic carbocycles. The smallest absolute Gasteiger partial charge is 0.251 e. The molecule has 1 saturated heterocycles. The van der Waals surface area contributed by atoms with E-state index in [1.54, 1.807) is 12.4 Å². The van der Waals surface area contributed by atoms with E-state index < -0.39 is 0 Å². The van der Waals surface area contributed by atoms with Gasteiger partial charge in [0.25, 0.3) is 5.91 Å². The molecule has 26 heavy (non-hydrogen) atoms. The highest BCUT2D eigenvalue weighted by molar-refractivity contribution is 5.94. The van der Waals surface area contributed by atoms with Gasteiger partial charge in [0.1, 0.15) is 5.75 Å². The molecule has 0 radical (unpaired) electrons. The molecule has 1 amide bonds. The van der Waals surface area contributed by atoms with Crippen molar-refractivity contribution in [3.05, 3.63) is 59.9 Å². The Morgan fingerprint density at radius 3 is 2.92 bits per heavy atom. The Balaban J connectivity index is 1.40. The number of aromatic nitrogens is 1. The predicted molar refractivity (Wildman–Crippen MR) is 102 cm³/mol. The molecule has 2 heterocycles. The first-order valence-corrected chi connectivity index (χ1v) is 9.42. The molecule has 1 aromatic carbocycles. The van der Waals surface area contributed by atoms with E-state index >= 15 is 0 Å². The standard InChI is InChI=1S/C21H27N3O2/c25-21(24-10-3-13-26-20-6-2-9-23-16-20)19-5-1-4-18(15-19)14-17-7-11-22-12-8-17/h1-2,4-6,9,15-17,22H,3,7-8,10-14H2,(H,24,25). The van der Waals surface area contributed by atoms with Crippen LogP contribution in [-0.2, 0) is 6.42 Å². The van der Waals surface area contributed by atoms with Crippen molar-refractivity contribution in [1.82, 2.24) is 15.6 Å². The number of amides is 1. The number of hydrogen-bond acceptors (Lipinski definition) is 4. The van der Waals surface area contributed by atoms with Gasteiger partial charge in [-0.2, -0.15) is 0 Å². The van der Waals surface area contributed by atoms with E-state index in [1.165, 1.54) is 18.4 Å². The van der Waals surface area contributed by atoms with Crippen LogP contribution in [-0.4, -0.2) is 37.1 Å². The number of ether oxygens (including phenoxy) is 1. The third-order valence-corrected chi connectivity index (χ3v) is 4.68. The molecular formula is C21H27N3O2. The SMILES string of the molecule is O=C(NCCCOc1cccnc1)c1cccc(CC2CCNCC2)c1. The van der Waals surface area contributed by atoms with Gasteiger partial charge in [-0.15, -0.1) is 0 Å². The monoisotopic (exact) mass is 353 g/mol. The zero-order valence-electron chi connectivity index (χ0n) is 15.1. The van der Waals surface area contributed by atoms with Crippen LogP contribution in [0.5, 0.6) is 5.75 Å². The van der Waals surface area contributed by atoms with Crippen LogP contribution in [0.15, 0.2) is 48.8 Å². The molecule has 1 aliphatic rings. The van der Waals surface area contributed by atoms with Crippen molar-refractivity contribution in [2.75, 3.05) is 26.2 Å². The van der Waals surface area contributed by atoms with Crippen molar-refractivity contribution in [2.45, 2.75) is 25.7 Å². The Morgan fingerprint density at radius 2 is 2.12 bits per heavy atom. The summed E-state index contributed by atoms with van der Waals surface area (Å²) in [5.74, 6) is 1.46. The van der Waals surface area contributed by atoms with Gasteiger partial charge in [-0.1, -0.05) is 12.1 Å². The molecular weight excluding hydrogens is 326 g/mol. The first kappa shape index (κ1) is 18.4. The van der Waals surface area contributed by atoms with E-state index in [9.17, 15) is 4.79 Å². The number of benzene rings is 1. The summed E-state index contributed by atoms with van der Waals surface area (Å²) in [4.78, 5) is 16.4. The van der Waals surface area contributed by atoms with Crippen LogP contribution in [0.25, 0.3) is 0 Å². The van der Waals surface area contributed by atoms with Gasteiger partial charge in [-0.25, -0.2) is 0 Å². The quantitative estimate of drug-likeness (QED) is 0.717. The zero-order chi connectivity index (χ0) is 18.0. The van der Waals surface area contributed by atoms with E-state index in [4.69, 9.17) is 4.74 Å². The Hall–Kier alpha value is -2.40. The lowest BCUT2D eigenvalue weighted by atomic mass is 9.90. The minimum Gasteiger partial charge on any atom is -0.492 e. The number of pyridine rings is 1. The Bertz CT molecular complexity index is 685. The third-order valence-electron chi connectivity index (χ3n) is 4.68. The summed E-state index contributed by atoms with van der Waals surface area (Å²) in [5.41, 5.74) is 1.99. The van der Waals surface area contributed by atoms with E-state index in [1.807, 2.05) is 30.3 Å². The molecule has 0 atom stereocenters. The minimum atomic E-state index is -0.0152. The lowest BCUT2D eigenvalue weighted by Gasteiger charge is -2.22. The highest BCUT2D eigenvalue weighted by atomic mass is 16.5. The van der Waals surface area contributed by atoms with E-state index in [-0.39, 0.29) is 5.91 Å². The molecule has 1 fully saturated rings. The first-order chi connectivity index (χ1) is 12.8. The lowest BCUT2D eigenvalue weighted by Crippen LogP contribution is -2.29. The van der Waals surface area contributed by atoms with Gasteiger partial charge < -0.3 is 15.4 Å². The van der Waals surface area contributed by atoms with Crippen LogP contribution < -0.4 is 15.4 Å². The molecule has 0 saturated carbocycles. The molecule has 0 spiro atoms. The van der Waals surface area contributed by atoms with Crippen LogP contribution in [0.4, 0.5) is 0 Å². The van der Waals surface area contributed by atoms with Gasteiger partial charge >= 0.3 is 0 Å². The van der Waals surface area contributed by atoms with Gasteiger partial charge in [-0.3, -0.25) is 9.78 Å². The van der Waals surface area contributed by atoms with Crippen molar-refractivity contribution < 1.29 is 9.53 Å². The van der Waals surface area contributed by atoms with E-state index in [0.717, 1.165) is 43.2 Å². The molecule has 2 aromatic rings. The minimum absolute atomic E-state index is 0.0152. The maximum atomic E-state index is 12.4. The van der Waals surface area contributed by atoms with Gasteiger partial charge in [0.2, 0.25) is 0 Å². The Morgan fingerprint density at radius 1 is 1.23 bits per heavy atom. The van der Waals surface area contributed by atoms with Gasteiger partial charge in [0.15, 0.2) is 0 Å².